The second-order valence-electron chi connectivity index (χ2n) is 6.24. The lowest BCUT2D eigenvalue weighted by Gasteiger charge is -2.12. The van der Waals surface area contributed by atoms with Crippen LogP contribution >= 0.6 is 11.8 Å². The lowest BCUT2D eigenvalue weighted by atomic mass is 10.2. The monoisotopic (exact) mass is 377 g/mol. The van der Waals surface area contributed by atoms with E-state index in [1.165, 1.54) is 0 Å². The first-order chi connectivity index (χ1) is 13.2. The maximum atomic E-state index is 12.1. The Morgan fingerprint density at radius 1 is 1.30 bits per heavy atom. The number of imidazole rings is 1. The number of nitrogens with zero attached hydrogens (tertiary/aromatic N) is 4. The summed E-state index contributed by atoms with van der Waals surface area (Å²) >= 11 is 1.77. The number of nitrogen functional groups attached to an aromatic ring is 1. The minimum Gasteiger partial charge on any atom is -0.382 e. The summed E-state index contributed by atoms with van der Waals surface area (Å²) in [7, 11) is 0. The molecule has 0 amide bonds. The van der Waals surface area contributed by atoms with Crippen molar-refractivity contribution in [2.24, 2.45) is 0 Å². The molecule has 136 valence electrons. The Morgan fingerprint density at radius 2 is 2.15 bits per heavy atom. The highest BCUT2D eigenvalue weighted by Crippen LogP contribution is 2.34. The third kappa shape index (κ3) is 3.76. The van der Waals surface area contributed by atoms with Gasteiger partial charge in [0.05, 0.1) is 17.5 Å². The van der Waals surface area contributed by atoms with E-state index < -0.39 is 0 Å². The summed E-state index contributed by atoms with van der Waals surface area (Å²) in [5, 5.41) is 0.129. The standard InChI is InChI=1S/C20H19N5OS/c21-18-16(14-25(20(26)23-18)17-9-5-13-27-17)8-4-11-24-12-10-22-19(24)15-6-2-1-3-7-15/h1-3,6-7,10,12,14,17H,5,9,11,13H2,(H2,21,23,26)/t17-/m1/s1. The summed E-state index contributed by atoms with van der Waals surface area (Å²) in [6.07, 6.45) is 7.48. The van der Waals surface area contributed by atoms with Gasteiger partial charge in [-0.15, -0.1) is 11.8 Å². The van der Waals surface area contributed by atoms with E-state index in [-0.39, 0.29) is 16.9 Å². The molecule has 0 spiro atoms. The molecule has 0 bridgehead atoms. The molecule has 0 saturated carbocycles. The Bertz CT molecular complexity index is 1060. The van der Waals surface area contributed by atoms with Gasteiger partial charge in [0.1, 0.15) is 11.6 Å². The molecule has 0 unspecified atom stereocenters. The highest BCUT2D eigenvalue weighted by Gasteiger charge is 2.19. The van der Waals surface area contributed by atoms with Crippen LogP contribution in [0.15, 0.2) is 53.7 Å². The van der Waals surface area contributed by atoms with Gasteiger partial charge in [0.25, 0.3) is 0 Å². The van der Waals surface area contributed by atoms with Crippen molar-refractivity contribution in [3.8, 4) is 23.2 Å². The Balaban J connectivity index is 1.58. The van der Waals surface area contributed by atoms with Crippen LogP contribution < -0.4 is 11.4 Å². The van der Waals surface area contributed by atoms with Crippen LogP contribution in [0.5, 0.6) is 0 Å². The summed E-state index contributed by atoms with van der Waals surface area (Å²) in [6, 6.07) is 9.98. The molecule has 1 saturated heterocycles. The molecule has 0 radical (unpaired) electrons. The van der Waals surface area contributed by atoms with Crippen molar-refractivity contribution >= 4 is 17.6 Å². The van der Waals surface area contributed by atoms with Crippen LogP contribution in [0.2, 0.25) is 0 Å². The molecule has 4 rings (SSSR count). The fourth-order valence-electron chi connectivity index (χ4n) is 3.07. The van der Waals surface area contributed by atoms with Crippen LogP contribution in [0.25, 0.3) is 11.4 Å². The number of nitrogens with two attached hydrogens (primary N) is 1. The zero-order valence-corrected chi connectivity index (χ0v) is 15.5. The molecule has 2 N–H and O–H groups in total. The van der Waals surface area contributed by atoms with Gasteiger partial charge < -0.3 is 10.3 Å². The first-order valence-corrected chi connectivity index (χ1v) is 9.83. The summed E-state index contributed by atoms with van der Waals surface area (Å²) in [6.45, 7) is 0.473. The van der Waals surface area contributed by atoms with Gasteiger partial charge in [0, 0.05) is 24.2 Å². The first-order valence-electron chi connectivity index (χ1n) is 8.78. The Morgan fingerprint density at radius 3 is 2.93 bits per heavy atom. The predicted molar refractivity (Wildman–Crippen MR) is 108 cm³/mol. The van der Waals surface area contributed by atoms with E-state index >= 15 is 0 Å². The third-order valence-electron chi connectivity index (χ3n) is 4.42. The van der Waals surface area contributed by atoms with Gasteiger partial charge in [-0.25, -0.2) is 9.78 Å². The van der Waals surface area contributed by atoms with Crippen LogP contribution in [0.3, 0.4) is 0 Å². The SMILES string of the molecule is Nc1nc(=O)n([C@H]2CCCS2)cc1C#CCn1ccnc1-c1ccccc1. The fraction of sp³-hybridized carbons (Fsp3) is 0.250. The highest BCUT2D eigenvalue weighted by atomic mass is 32.2. The molecule has 3 aromatic rings. The van der Waals surface area contributed by atoms with Crippen LogP contribution in [0.4, 0.5) is 5.82 Å². The molecule has 1 atom stereocenters. The minimum atomic E-state index is -0.307. The van der Waals surface area contributed by atoms with Crippen molar-refractivity contribution in [1.82, 2.24) is 19.1 Å². The zero-order chi connectivity index (χ0) is 18.6. The highest BCUT2D eigenvalue weighted by molar-refractivity contribution is 7.99. The Kier molecular flexibility index (Phi) is 4.99. The summed E-state index contributed by atoms with van der Waals surface area (Å²) in [5.74, 6) is 8.30. The zero-order valence-electron chi connectivity index (χ0n) is 14.7. The average molecular weight is 377 g/mol. The summed E-state index contributed by atoms with van der Waals surface area (Å²) in [5.41, 5.74) is 7.24. The van der Waals surface area contributed by atoms with Crippen molar-refractivity contribution in [2.45, 2.75) is 24.8 Å². The van der Waals surface area contributed by atoms with Gasteiger partial charge in [-0.3, -0.25) is 4.57 Å². The summed E-state index contributed by atoms with van der Waals surface area (Å²) in [4.78, 5) is 20.5. The molecule has 7 heteroatoms. The topological polar surface area (TPSA) is 78.7 Å². The lowest BCUT2D eigenvalue weighted by molar-refractivity contribution is 0.608. The van der Waals surface area contributed by atoms with E-state index in [0.29, 0.717) is 12.1 Å². The third-order valence-corrected chi connectivity index (χ3v) is 5.79. The van der Waals surface area contributed by atoms with Crippen molar-refractivity contribution in [3.05, 3.63) is 65.0 Å². The van der Waals surface area contributed by atoms with Gasteiger partial charge >= 0.3 is 5.69 Å². The molecule has 0 aliphatic carbocycles. The van der Waals surface area contributed by atoms with E-state index in [1.54, 1.807) is 28.7 Å². The number of rotatable bonds is 3. The minimum absolute atomic E-state index is 0.129. The largest absolute Gasteiger partial charge is 0.382 e. The molecular weight excluding hydrogens is 358 g/mol. The number of hydrogen-bond donors (Lipinski definition) is 1. The van der Waals surface area contributed by atoms with Crippen LogP contribution in [-0.4, -0.2) is 24.9 Å². The summed E-state index contributed by atoms with van der Waals surface area (Å²) < 4.78 is 3.64. The first kappa shape index (κ1) is 17.4. The van der Waals surface area contributed by atoms with E-state index in [0.717, 1.165) is 30.0 Å². The molecular formula is C20H19N5OS. The molecule has 1 aliphatic rings. The van der Waals surface area contributed by atoms with Gasteiger partial charge in [-0.1, -0.05) is 42.2 Å². The molecule has 3 heterocycles. The van der Waals surface area contributed by atoms with Crippen LogP contribution in [0, 0.1) is 11.8 Å². The van der Waals surface area contributed by atoms with Crippen LogP contribution in [-0.2, 0) is 6.54 Å². The van der Waals surface area contributed by atoms with E-state index in [2.05, 4.69) is 21.8 Å². The van der Waals surface area contributed by atoms with Crippen molar-refractivity contribution in [3.63, 3.8) is 0 Å². The Labute approximate surface area is 161 Å². The van der Waals surface area contributed by atoms with Gasteiger partial charge in [-0.05, 0) is 18.6 Å². The quantitative estimate of drug-likeness (QED) is 0.710. The van der Waals surface area contributed by atoms with Crippen molar-refractivity contribution < 1.29 is 0 Å². The number of hydrogen-bond acceptors (Lipinski definition) is 5. The van der Waals surface area contributed by atoms with Gasteiger partial charge in [0.15, 0.2) is 0 Å². The molecule has 1 aromatic carbocycles. The normalized spacial score (nSPS) is 16.1. The molecule has 27 heavy (non-hydrogen) atoms. The number of thioether (sulfide) groups is 1. The smallest absolute Gasteiger partial charge is 0.350 e. The number of aromatic nitrogens is 4. The number of anilines is 1. The van der Waals surface area contributed by atoms with E-state index in [1.807, 2.05) is 41.1 Å². The predicted octanol–water partition coefficient (Wildman–Crippen LogP) is 2.77. The van der Waals surface area contributed by atoms with Crippen molar-refractivity contribution in [1.29, 1.82) is 0 Å². The Hall–Kier alpha value is -2.98. The second-order valence-corrected chi connectivity index (χ2v) is 7.53. The number of benzene rings is 1. The maximum absolute atomic E-state index is 12.1. The van der Waals surface area contributed by atoms with Crippen LogP contribution in [0.1, 0.15) is 23.8 Å². The average Bonchev–Trinajstić information content (AvgIpc) is 3.36. The molecule has 2 aromatic heterocycles. The van der Waals surface area contributed by atoms with E-state index in [9.17, 15) is 4.79 Å². The van der Waals surface area contributed by atoms with Crippen molar-refractivity contribution in [2.75, 3.05) is 11.5 Å². The van der Waals surface area contributed by atoms with Gasteiger partial charge in [0.2, 0.25) is 0 Å². The van der Waals surface area contributed by atoms with E-state index in [4.69, 9.17) is 5.73 Å². The molecule has 1 aliphatic heterocycles. The second kappa shape index (κ2) is 7.72. The fourth-order valence-corrected chi connectivity index (χ4v) is 4.32. The van der Waals surface area contributed by atoms with Gasteiger partial charge in [-0.2, -0.15) is 4.98 Å². The maximum Gasteiger partial charge on any atom is 0.350 e. The molecule has 6 nitrogen and oxygen atoms in total. The molecule has 1 fully saturated rings. The lowest BCUT2D eigenvalue weighted by Crippen LogP contribution is -2.26.